The van der Waals surface area contributed by atoms with E-state index in [9.17, 15) is 18.3 Å². The summed E-state index contributed by atoms with van der Waals surface area (Å²) in [5.74, 6) is 5.78. The van der Waals surface area contributed by atoms with Crippen molar-refractivity contribution in [2.75, 3.05) is 20.6 Å². The van der Waals surface area contributed by atoms with E-state index < -0.39 is 11.9 Å². The van der Waals surface area contributed by atoms with Crippen molar-refractivity contribution >= 4 is 11.6 Å². The molecule has 0 aliphatic rings. The Balaban J connectivity index is 1.96. The van der Waals surface area contributed by atoms with Crippen LogP contribution in [0.4, 0.5) is 13.2 Å². The highest BCUT2D eigenvalue weighted by Gasteiger charge is 2.34. The van der Waals surface area contributed by atoms with E-state index in [-0.39, 0.29) is 29.2 Å². The van der Waals surface area contributed by atoms with Gasteiger partial charge in [-0.25, -0.2) is 0 Å². The predicted molar refractivity (Wildman–Crippen MR) is 112 cm³/mol. The molecule has 3 aromatic rings. The molecule has 0 bridgehead atoms. The number of aromatic nitrogens is 2. The van der Waals surface area contributed by atoms with Crippen LogP contribution in [0.25, 0.3) is 11.3 Å². The predicted octanol–water partition coefficient (Wildman–Crippen LogP) is 4.95. The van der Waals surface area contributed by atoms with Crippen molar-refractivity contribution in [1.29, 1.82) is 0 Å². The van der Waals surface area contributed by atoms with Gasteiger partial charge >= 0.3 is 6.18 Å². The van der Waals surface area contributed by atoms with Gasteiger partial charge in [0, 0.05) is 10.6 Å². The molecular formula is C22H19ClF3N3O2. The van der Waals surface area contributed by atoms with Crippen LogP contribution in [0.5, 0.6) is 11.5 Å². The molecule has 0 atom stereocenters. The van der Waals surface area contributed by atoms with Crippen molar-refractivity contribution in [2.24, 2.45) is 0 Å². The van der Waals surface area contributed by atoms with Crippen molar-refractivity contribution in [3.05, 3.63) is 64.3 Å². The van der Waals surface area contributed by atoms with Crippen LogP contribution in [0, 0.1) is 11.8 Å². The van der Waals surface area contributed by atoms with Gasteiger partial charge in [-0.3, -0.25) is 10.00 Å². The quantitative estimate of drug-likeness (QED) is 0.541. The number of nitrogens with one attached hydrogen (secondary N) is 1. The molecule has 5 nitrogen and oxygen atoms in total. The van der Waals surface area contributed by atoms with E-state index in [2.05, 4.69) is 22.0 Å². The molecule has 0 fully saturated rings. The zero-order valence-corrected chi connectivity index (χ0v) is 17.5. The van der Waals surface area contributed by atoms with Gasteiger partial charge in [-0.1, -0.05) is 35.6 Å². The molecule has 2 N–H and O–H groups in total. The highest BCUT2D eigenvalue weighted by Crippen LogP contribution is 2.38. The monoisotopic (exact) mass is 449 g/mol. The minimum Gasteiger partial charge on any atom is -0.506 e. The van der Waals surface area contributed by atoms with Gasteiger partial charge in [0.25, 0.3) is 0 Å². The highest BCUT2D eigenvalue weighted by molar-refractivity contribution is 6.30. The number of benzene rings is 2. The molecule has 1 aromatic heterocycles. The second-order valence-electron chi connectivity index (χ2n) is 6.95. The lowest BCUT2D eigenvalue weighted by Gasteiger charge is -2.12. The molecule has 0 unspecified atom stereocenters. The molecule has 0 amide bonds. The molecule has 0 saturated carbocycles. The summed E-state index contributed by atoms with van der Waals surface area (Å²) in [6.45, 7) is 0.614. The maximum absolute atomic E-state index is 12.9. The maximum Gasteiger partial charge on any atom is 0.435 e. The number of ether oxygens (including phenoxy) is 1. The Kier molecular flexibility index (Phi) is 6.78. The van der Waals surface area contributed by atoms with E-state index in [0.717, 1.165) is 11.6 Å². The number of rotatable bonds is 5. The summed E-state index contributed by atoms with van der Waals surface area (Å²) < 4.78 is 44.5. The normalized spacial score (nSPS) is 11.3. The standard InChI is InChI=1S/C22H19ClF3N3O2/c1-29(2)11-3-4-17-19(31-13-14-5-7-15(23)8-6-14)10-9-16(21(17)30)18-12-20(28-27-18)22(24,25)26/h5-10,12,30H,11,13H2,1-2H3,(H,27,28). The Morgan fingerprint density at radius 1 is 1.16 bits per heavy atom. The first-order valence-corrected chi connectivity index (χ1v) is 9.52. The number of nitrogens with zero attached hydrogens (tertiary/aromatic N) is 2. The number of halogens is 4. The molecule has 9 heteroatoms. The SMILES string of the molecule is CN(C)CC#Cc1c(OCc2ccc(Cl)cc2)ccc(-c2cc(C(F)(F)F)n[nH]2)c1O. The fraction of sp³-hybridized carbons (Fsp3) is 0.227. The number of phenols is 1. The van der Waals surface area contributed by atoms with Crippen molar-refractivity contribution in [3.63, 3.8) is 0 Å². The fourth-order valence-electron chi connectivity index (χ4n) is 2.66. The number of aromatic hydroxyl groups is 1. The summed E-state index contributed by atoms with van der Waals surface area (Å²) in [5, 5.41) is 17.0. The average molecular weight is 450 g/mol. The van der Waals surface area contributed by atoms with Crippen LogP contribution in [0.15, 0.2) is 42.5 Å². The van der Waals surface area contributed by atoms with Crippen molar-refractivity contribution in [1.82, 2.24) is 15.1 Å². The van der Waals surface area contributed by atoms with Crippen molar-refractivity contribution < 1.29 is 23.0 Å². The lowest BCUT2D eigenvalue weighted by Crippen LogP contribution is -2.10. The molecule has 0 aliphatic heterocycles. The van der Waals surface area contributed by atoms with E-state index in [4.69, 9.17) is 16.3 Å². The number of phenolic OH excluding ortho intramolecular Hbond substituents is 1. The van der Waals surface area contributed by atoms with E-state index in [0.29, 0.717) is 17.3 Å². The van der Waals surface area contributed by atoms with Crippen molar-refractivity contribution in [2.45, 2.75) is 12.8 Å². The fourth-order valence-corrected chi connectivity index (χ4v) is 2.79. The molecule has 31 heavy (non-hydrogen) atoms. The first-order valence-electron chi connectivity index (χ1n) is 9.15. The third kappa shape index (κ3) is 5.72. The van der Waals surface area contributed by atoms with Crippen LogP contribution in [0.3, 0.4) is 0 Å². The zero-order valence-electron chi connectivity index (χ0n) is 16.7. The van der Waals surface area contributed by atoms with Gasteiger partial charge in [-0.15, -0.1) is 0 Å². The van der Waals surface area contributed by atoms with Gasteiger partial charge in [0.2, 0.25) is 0 Å². The maximum atomic E-state index is 12.9. The summed E-state index contributed by atoms with van der Waals surface area (Å²) in [6.07, 6.45) is -4.60. The summed E-state index contributed by atoms with van der Waals surface area (Å²) in [6, 6.07) is 10.9. The Labute approximate surface area is 182 Å². The van der Waals surface area contributed by atoms with E-state index in [1.807, 2.05) is 19.0 Å². The second kappa shape index (κ2) is 9.33. The Hall–Kier alpha value is -3.15. The van der Waals surface area contributed by atoms with Gasteiger partial charge in [0.05, 0.1) is 12.2 Å². The summed E-state index contributed by atoms with van der Waals surface area (Å²) in [7, 11) is 3.68. The lowest BCUT2D eigenvalue weighted by atomic mass is 10.0. The van der Waals surface area contributed by atoms with Crippen molar-refractivity contribution in [3.8, 4) is 34.6 Å². The summed E-state index contributed by atoms with van der Waals surface area (Å²) >= 11 is 5.89. The van der Waals surface area contributed by atoms with Gasteiger partial charge < -0.3 is 9.84 Å². The van der Waals surface area contributed by atoms with Gasteiger partial charge in [-0.05, 0) is 50.0 Å². The first kappa shape index (κ1) is 22.5. The number of H-pyrrole nitrogens is 1. The largest absolute Gasteiger partial charge is 0.506 e. The summed E-state index contributed by atoms with van der Waals surface area (Å²) in [5.41, 5.74) is 0.103. The van der Waals surface area contributed by atoms with Crippen LogP contribution in [-0.4, -0.2) is 40.8 Å². The first-order chi connectivity index (χ1) is 14.6. The Morgan fingerprint density at radius 2 is 1.87 bits per heavy atom. The number of hydrogen-bond donors (Lipinski definition) is 2. The average Bonchev–Trinajstić information content (AvgIpc) is 3.19. The molecule has 0 radical (unpaired) electrons. The van der Waals surface area contributed by atoms with Gasteiger partial charge in [0.15, 0.2) is 5.69 Å². The smallest absolute Gasteiger partial charge is 0.435 e. The number of alkyl halides is 3. The molecule has 162 valence electrons. The van der Waals surface area contributed by atoms with Gasteiger partial charge in [0.1, 0.15) is 23.7 Å². The Morgan fingerprint density at radius 3 is 2.48 bits per heavy atom. The molecule has 0 spiro atoms. The molecule has 3 rings (SSSR count). The molecule has 2 aromatic carbocycles. The lowest BCUT2D eigenvalue weighted by molar-refractivity contribution is -0.141. The summed E-state index contributed by atoms with van der Waals surface area (Å²) in [4.78, 5) is 1.84. The van der Waals surface area contributed by atoms with E-state index in [1.165, 1.54) is 6.07 Å². The van der Waals surface area contributed by atoms with E-state index in [1.54, 1.807) is 30.3 Å². The van der Waals surface area contributed by atoms with Crippen LogP contribution >= 0.6 is 11.6 Å². The third-order valence-electron chi connectivity index (χ3n) is 4.21. The van der Waals surface area contributed by atoms with E-state index >= 15 is 0 Å². The second-order valence-corrected chi connectivity index (χ2v) is 7.39. The molecule has 0 saturated heterocycles. The highest BCUT2D eigenvalue weighted by atomic mass is 35.5. The number of aromatic amines is 1. The third-order valence-corrected chi connectivity index (χ3v) is 4.47. The number of hydrogen-bond acceptors (Lipinski definition) is 4. The van der Waals surface area contributed by atoms with Crippen LogP contribution < -0.4 is 4.74 Å². The van der Waals surface area contributed by atoms with Gasteiger partial charge in [-0.2, -0.15) is 18.3 Å². The molecule has 0 aliphatic carbocycles. The minimum atomic E-state index is -4.60. The molecular weight excluding hydrogens is 431 g/mol. The molecule has 1 heterocycles. The topological polar surface area (TPSA) is 61.4 Å². The van der Waals surface area contributed by atoms with Crippen LogP contribution in [-0.2, 0) is 12.8 Å². The Bertz CT molecular complexity index is 1110. The zero-order chi connectivity index (χ0) is 22.6. The van der Waals surface area contributed by atoms with Crippen LogP contribution in [0.1, 0.15) is 16.8 Å². The minimum absolute atomic E-state index is 0.0183. The van der Waals surface area contributed by atoms with Crippen LogP contribution in [0.2, 0.25) is 5.02 Å².